The number of ether oxygens (including phenoxy) is 1. The third kappa shape index (κ3) is 3.15. The fraction of sp³-hybridized carbons (Fsp3) is 0. The molecule has 0 atom stereocenters. The van der Waals surface area contributed by atoms with E-state index in [1.165, 1.54) is 24.3 Å². The van der Waals surface area contributed by atoms with Crippen LogP contribution in [-0.2, 0) is 0 Å². The Hall–Kier alpha value is -3.15. The smallest absolute Gasteiger partial charge is 0.345 e. The molecule has 0 aliphatic carbocycles. The number of esters is 1. The van der Waals surface area contributed by atoms with E-state index in [4.69, 9.17) is 27.9 Å². The minimum absolute atomic E-state index is 0.150. The minimum Gasteiger partial charge on any atom is -0.423 e. The molecule has 1 aliphatic rings. The van der Waals surface area contributed by atoms with E-state index in [9.17, 15) is 14.4 Å². The second-order valence-electron chi connectivity index (χ2n) is 6.00. The first-order valence-electron chi connectivity index (χ1n) is 8.21. The van der Waals surface area contributed by atoms with Gasteiger partial charge in [-0.25, -0.2) is 9.69 Å². The van der Waals surface area contributed by atoms with Gasteiger partial charge in [-0.3, -0.25) is 9.59 Å². The summed E-state index contributed by atoms with van der Waals surface area (Å²) in [6, 6.07) is 17.2. The van der Waals surface area contributed by atoms with Gasteiger partial charge in [0.1, 0.15) is 5.75 Å². The number of nitrogens with zero attached hydrogens (tertiary/aromatic N) is 1. The highest BCUT2D eigenvalue weighted by Gasteiger charge is 2.36. The Morgan fingerprint density at radius 2 is 1.50 bits per heavy atom. The van der Waals surface area contributed by atoms with Crippen molar-refractivity contribution in [3.63, 3.8) is 0 Å². The second kappa shape index (κ2) is 7.11. The van der Waals surface area contributed by atoms with Crippen molar-refractivity contribution in [3.8, 4) is 5.75 Å². The van der Waals surface area contributed by atoms with Gasteiger partial charge in [0.2, 0.25) is 0 Å². The molecule has 7 heteroatoms. The van der Waals surface area contributed by atoms with E-state index >= 15 is 0 Å². The molecule has 28 heavy (non-hydrogen) atoms. The first kappa shape index (κ1) is 18.2. The molecule has 138 valence electrons. The molecule has 3 aromatic carbocycles. The van der Waals surface area contributed by atoms with Crippen LogP contribution in [0.5, 0.6) is 5.75 Å². The van der Waals surface area contributed by atoms with E-state index in [-0.39, 0.29) is 16.3 Å². The largest absolute Gasteiger partial charge is 0.423 e. The van der Waals surface area contributed by atoms with Crippen LogP contribution in [-0.4, -0.2) is 17.8 Å². The van der Waals surface area contributed by atoms with Crippen LogP contribution >= 0.6 is 23.2 Å². The average Bonchev–Trinajstić information content (AvgIpc) is 2.93. The van der Waals surface area contributed by atoms with Crippen LogP contribution in [0.4, 0.5) is 5.69 Å². The zero-order valence-electron chi connectivity index (χ0n) is 14.2. The first-order chi connectivity index (χ1) is 13.5. The molecule has 0 spiro atoms. The number of halogens is 2. The third-order valence-electron chi connectivity index (χ3n) is 4.23. The van der Waals surface area contributed by atoms with Crippen LogP contribution in [0, 0.1) is 0 Å². The molecule has 0 bridgehead atoms. The Morgan fingerprint density at radius 1 is 0.821 bits per heavy atom. The summed E-state index contributed by atoms with van der Waals surface area (Å²) >= 11 is 11.9. The SMILES string of the molecule is O=C(Oc1cccc(N2C(=O)c3ccccc3C2=O)c1)c1ccc(Cl)cc1Cl. The number of fused-ring (bicyclic) bond motifs is 1. The zero-order chi connectivity index (χ0) is 19.8. The van der Waals surface area contributed by atoms with Gasteiger partial charge in [-0.1, -0.05) is 41.4 Å². The number of hydrogen-bond donors (Lipinski definition) is 0. The van der Waals surface area contributed by atoms with E-state index in [0.29, 0.717) is 21.8 Å². The fourth-order valence-electron chi connectivity index (χ4n) is 2.93. The van der Waals surface area contributed by atoms with Crippen LogP contribution in [0.2, 0.25) is 10.0 Å². The molecule has 4 rings (SSSR count). The standard InChI is InChI=1S/C21H11Cl2NO4/c22-12-8-9-17(18(23)10-12)21(27)28-14-5-3-4-13(11-14)24-19(25)15-6-1-2-7-16(15)20(24)26/h1-11H. The summed E-state index contributed by atoms with van der Waals surface area (Å²) in [6.45, 7) is 0. The second-order valence-corrected chi connectivity index (χ2v) is 6.85. The summed E-state index contributed by atoms with van der Waals surface area (Å²) in [6.07, 6.45) is 0. The number of carbonyl (C=O) groups excluding carboxylic acids is 3. The Bertz CT molecular complexity index is 1110. The molecule has 0 fully saturated rings. The van der Waals surface area contributed by atoms with E-state index in [1.807, 2.05) is 0 Å². The lowest BCUT2D eigenvalue weighted by molar-refractivity contribution is 0.0735. The van der Waals surface area contributed by atoms with Crippen LogP contribution < -0.4 is 9.64 Å². The van der Waals surface area contributed by atoms with E-state index in [2.05, 4.69) is 0 Å². The quantitative estimate of drug-likeness (QED) is 0.345. The molecule has 5 nitrogen and oxygen atoms in total. The van der Waals surface area contributed by atoms with Crippen molar-refractivity contribution in [3.05, 3.63) is 93.5 Å². The highest BCUT2D eigenvalue weighted by molar-refractivity contribution is 6.36. The summed E-state index contributed by atoms with van der Waals surface area (Å²) in [5, 5.41) is 0.558. The lowest BCUT2D eigenvalue weighted by atomic mass is 10.1. The lowest BCUT2D eigenvalue weighted by Crippen LogP contribution is -2.29. The van der Waals surface area contributed by atoms with Crippen LogP contribution in [0.1, 0.15) is 31.1 Å². The summed E-state index contributed by atoms with van der Waals surface area (Å²) in [5.41, 5.74) is 1.13. The number of hydrogen-bond acceptors (Lipinski definition) is 4. The molecular weight excluding hydrogens is 401 g/mol. The average molecular weight is 412 g/mol. The van der Waals surface area contributed by atoms with E-state index < -0.39 is 17.8 Å². The number of carbonyl (C=O) groups is 3. The zero-order valence-corrected chi connectivity index (χ0v) is 15.7. The van der Waals surface area contributed by atoms with Gasteiger partial charge in [0.25, 0.3) is 11.8 Å². The molecule has 1 aliphatic heterocycles. The number of amides is 2. The number of benzene rings is 3. The van der Waals surface area contributed by atoms with Gasteiger partial charge in [-0.05, 0) is 42.5 Å². The number of imide groups is 1. The maximum Gasteiger partial charge on any atom is 0.345 e. The van der Waals surface area contributed by atoms with Crippen molar-refractivity contribution < 1.29 is 19.1 Å². The van der Waals surface area contributed by atoms with Gasteiger partial charge in [-0.2, -0.15) is 0 Å². The summed E-state index contributed by atoms with van der Waals surface area (Å²) in [4.78, 5) is 38.7. The summed E-state index contributed by atoms with van der Waals surface area (Å²) in [7, 11) is 0. The minimum atomic E-state index is -0.679. The van der Waals surface area contributed by atoms with Crippen LogP contribution in [0.15, 0.2) is 66.7 Å². The van der Waals surface area contributed by atoms with Crippen molar-refractivity contribution in [2.24, 2.45) is 0 Å². The van der Waals surface area contributed by atoms with Gasteiger partial charge in [-0.15, -0.1) is 0 Å². The molecule has 0 aromatic heterocycles. The van der Waals surface area contributed by atoms with Crippen molar-refractivity contribution in [2.45, 2.75) is 0 Å². The molecule has 1 heterocycles. The molecule has 0 N–H and O–H groups in total. The van der Waals surface area contributed by atoms with Gasteiger partial charge >= 0.3 is 5.97 Å². The molecule has 3 aromatic rings. The highest BCUT2D eigenvalue weighted by atomic mass is 35.5. The molecular formula is C21H11Cl2NO4. The number of rotatable bonds is 3. The Labute approximate surface area is 170 Å². The normalized spacial score (nSPS) is 12.9. The predicted octanol–water partition coefficient (Wildman–Crippen LogP) is 5.01. The molecule has 0 unspecified atom stereocenters. The predicted molar refractivity (Wildman–Crippen MR) is 105 cm³/mol. The van der Waals surface area contributed by atoms with Crippen LogP contribution in [0.25, 0.3) is 0 Å². The molecule has 2 amide bonds. The first-order valence-corrected chi connectivity index (χ1v) is 8.96. The topological polar surface area (TPSA) is 63.7 Å². The van der Waals surface area contributed by atoms with Crippen LogP contribution in [0.3, 0.4) is 0 Å². The Kier molecular flexibility index (Phi) is 4.63. The van der Waals surface area contributed by atoms with E-state index in [0.717, 1.165) is 4.90 Å². The highest BCUT2D eigenvalue weighted by Crippen LogP contribution is 2.31. The molecule has 0 radical (unpaired) electrons. The fourth-order valence-corrected chi connectivity index (χ4v) is 3.41. The van der Waals surface area contributed by atoms with Crippen molar-refractivity contribution in [1.82, 2.24) is 0 Å². The maximum absolute atomic E-state index is 12.6. The maximum atomic E-state index is 12.6. The summed E-state index contributed by atoms with van der Waals surface area (Å²) < 4.78 is 5.35. The van der Waals surface area contributed by atoms with Gasteiger partial charge in [0.15, 0.2) is 0 Å². The van der Waals surface area contributed by atoms with Crippen molar-refractivity contribution in [1.29, 1.82) is 0 Å². The summed E-state index contributed by atoms with van der Waals surface area (Å²) in [5.74, 6) is -1.36. The van der Waals surface area contributed by atoms with Gasteiger partial charge < -0.3 is 4.74 Å². The molecule has 0 saturated carbocycles. The lowest BCUT2D eigenvalue weighted by Gasteiger charge is -2.15. The van der Waals surface area contributed by atoms with Gasteiger partial charge in [0, 0.05) is 11.1 Å². The van der Waals surface area contributed by atoms with Crippen molar-refractivity contribution in [2.75, 3.05) is 4.90 Å². The van der Waals surface area contributed by atoms with Crippen molar-refractivity contribution >= 4 is 46.7 Å². The Morgan fingerprint density at radius 3 is 2.14 bits per heavy atom. The third-order valence-corrected chi connectivity index (χ3v) is 4.78. The number of anilines is 1. The van der Waals surface area contributed by atoms with Gasteiger partial charge in [0.05, 0.1) is 27.4 Å². The Balaban J connectivity index is 1.61. The van der Waals surface area contributed by atoms with E-state index in [1.54, 1.807) is 42.5 Å². The monoisotopic (exact) mass is 411 g/mol. The molecule has 0 saturated heterocycles.